The first-order valence-corrected chi connectivity index (χ1v) is 9.46. The van der Waals surface area contributed by atoms with Gasteiger partial charge in [-0.05, 0) is 13.1 Å². The van der Waals surface area contributed by atoms with E-state index in [1.165, 1.54) is 0 Å². The molecule has 1 amide bonds. The molecule has 1 N–H and O–H groups in total. The van der Waals surface area contributed by atoms with Crippen LogP contribution in [0.4, 0.5) is 0 Å². The third-order valence-electron chi connectivity index (χ3n) is 2.69. The Kier molecular flexibility index (Phi) is 4.17. The van der Waals surface area contributed by atoms with Gasteiger partial charge in [0.15, 0.2) is 0 Å². The number of carbonyl (C=O) groups excluding carboxylic acids is 1. The van der Waals surface area contributed by atoms with E-state index in [1.54, 1.807) is 0 Å². The Morgan fingerprint density at radius 3 is 2.25 bits per heavy atom. The molecule has 16 heavy (non-hydrogen) atoms. The van der Waals surface area contributed by atoms with E-state index in [0.29, 0.717) is 0 Å². The lowest BCUT2D eigenvalue weighted by Gasteiger charge is -2.40. The largest absolute Gasteiger partial charge is 0.339 e. The fourth-order valence-electron chi connectivity index (χ4n) is 1.78. The molecule has 0 radical (unpaired) electrons. The standard InChI is InChI=1S/C12H22N2OSi/c1-6-14(7-2)11-10(13-12(11)15)8-9-16(3,4)5/h10-11H,6-7H2,1-5H3,(H,13,15)/t10-,11-/m0/s1. The topological polar surface area (TPSA) is 32.3 Å². The molecule has 90 valence electrons. The zero-order valence-corrected chi connectivity index (χ0v) is 11.9. The lowest BCUT2D eigenvalue weighted by atomic mass is 9.98. The molecule has 0 aromatic carbocycles. The van der Waals surface area contributed by atoms with Crippen LogP contribution >= 0.6 is 0 Å². The van der Waals surface area contributed by atoms with E-state index >= 15 is 0 Å². The van der Waals surface area contributed by atoms with Crippen LogP contribution in [-0.4, -0.2) is 44.1 Å². The van der Waals surface area contributed by atoms with Crippen LogP contribution in [0.1, 0.15) is 13.8 Å². The van der Waals surface area contributed by atoms with Crippen LogP contribution < -0.4 is 5.32 Å². The fourth-order valence-corrected chi connectivity index (χ4v) is 2.36. The lowest BCUT2D eigenvalue weighted by molar-refractivity contribution is -0.135. The van der Waals surface area contributed by atoms with E-state index in [0.717, 1.165) is 13.1 Å². The molecular formula is C12H22N2OSi. The number of hydrogen-bond donors (Lipinski definition) is 1. The molecule has 0 unspecified atom stereocenters. The Hall–Kier alpha value is -0.793. The summed E-state index contributed by atoms with van der Waals surface area (Å²) in [6, 6.07) is 0.0120. The number of β-lactam (4-membered cyclic amide) rings is 1. The summed E-state index contributed by atoms with van der Waals surface area (Å²) in [6.45, 7) is 12.6. The highest BCUT2D eigenvalue weighted by Crippen LogP contribution is 2.13. The Morgan fingerprint density at radius 1 is 1.31 bits per heavy atom. The maximum atomic E-state index is 11.5. The van der Waals surface area contributed by atoms with Crippen molar-refractivity contribution in [3.8, 4) is 11.5 Å². The minimum atomic E-state index is -1.34. The van der Waals surface area contributed by atoms with Crippen LogP contribution in [0.25, 0.3) is 0 Å². The number of amides is 1. The van der Waals surface area contributed by atoms with E-state index in [1.807, 2.05) is 0 Å². The molecule has 0 spiro atoms. The number of rotatable bonds is 3. The maximum Gasteiger partial charge on any atom is 0.241 e. The number of hydrogen-bond acceptors (Lipinski definition) is 2. The summed E-state index contributed by atoms with van der Waals surface area (Å²) >= 11 is 0. The van der Waals surface area contributed by atoms with Crippen LogP contribution in [-0.2, 0) is 4.79 Å². The van der Waals surface area contributed by atoms with Gasteiger partial charge >= 0.3 is 0 Å². The first-order valence-electron chi connectivity index (χ1n) is 5.96. The Bertz CT molecular complexity index is 320. The molecule has 1 aliphatic rings. The van der Waals surface area contributed by atoms with E-state index < -0.39 is 8.07 Å². The maximum absolute atomic E-state index is 11.5. The van der Waals surface area contributed by atoms with Crippen molar-refractivity contribution in [1.82, 2.24) is 10.2 Å². The number of carbonyl (C=O) groups is 1. The summed E-state index contributed by atoms with van der Waals surface area (Å²) in [5, 5.41) is 2.88. The van der Waals surface area contributed by atoms with Gasteiger partial charge in [-0.1, -0.05) is 39.4 Å². The van der Waals surface area contributed by atoms with E-state index in [4.69, 9.17) is 0 Å². The van der Waals surface area contributed by atoms with Crippen molar-refractivity contribution < 1.29 is 4.79 Å². The molecule has 1 heterocycles. The van der Waals surface area contributed by atoms with Crippen molar-refractivity contribution in [1.29, 1.82) is 0 Å². The van der Waals surface area contributed by atoms with Crippen molar-refractivity contribution in [3.63, 3.8) is 0 Å². The van der Waals surface area contributed by atoms with Gasteiger partial charge in [-0.25, -0.2) is 0 Å². The summed E-state index contributed by atoms with van der Waals surface area (Å²) in [7, 11) is -1.34. The Morgan fingerprint density at radius 2 is 1.88 bits per heavy atom. The monoisotopic (exact) mass is 238 g/mol. The summed E-state index contributed by atoms with van der Waals surface area (Å²) in [5.74, 6) is 3.35. The molecule has 1 rings (SSSR count). The molecule has 2 atom stereocenters. The average Bonchev–Trinajstić information content (AvgIpc) is 2.18. The van der Waals surface area contributed by atoms with Gasteiger partial charge in [0, 0.05) is 0 Å². The molecule has 0 bridgehead atoms. The molecule has 3 nitrogen and oxygen atoms in total. The second kappa shape index (κ2) is 5.02. The van der Waals surface area contributed by atoms with Gasteiger partial charge in [-0.2, -0.15) is 0 Å². The summed E-state index contributed by atoms with van der Waals surface area (Å²) in [5.41, 5.74) is 3.32. The lowest BCUT2D eigenvalue weighted by Crippen LogP contribution is -2.68. The minimum absolute atomic E-state index is 0.0288. The zero-order chi connectivity index (χ0) is 12.3. The quantitative estimate of drug-likeness (QED) is 0.453. The third kappa shape index (κ3) is 3.10. The van der Waals surface area contributed by atoms with Gasteiger partial charge in [0.2, 0.25) is 5.91 Å². The summed E-state index contributed by atoms with van der Waals surface area (Å²) in [4.78, 5) is 13.7. The van der Waals surface area contributed by atoms with E-state index in [9.17, 15) is 4.79 Å². The fraction of sp³-hybridized carbons (Fsp3) is 0.750. The van der Waals surface area contributed by atoms with Gasteiger partial charge in [0.1, 0.15) is 20.2 Å². The molecule has 0 aliphatic carbocycles. The molecule has 1 fully saturated rings. The molecule has 0 aromatic heterocycles. The number of nitrogens with zero attached hydrogens (tertiary/aromatic N) is 1. The van der Waals surface area contributed by atoms with Crippen molar-refractivity contribution in [2.45, 2.75) is 45.6 Å². The van der Waals surface area contributed by atoms with Crippen molar-refractivity contribution in [3.05, 3.63) is 0 Å². The third-order valence-corrected chi connectivity index (χ3v) is 3.58. The van der Waals surface area contributed by atoms with Crippen molar-refractivity contribution in [2.24, 2.45) is 0 Å². The van der Waals surface area contributed by atoms with Gasteiger partial charge in [0.05, 0.1) is 0 Å². The highest BCUT2D eigenvalue weighted by molar-refractivity contribution is 6.83. The van der Waals surface area contributed by atoms with E-state index in [2.05, 4.69) is 55.2 Å². The van der Waals surface area contributed by atoms with Crippen LogP contribution in [0.15, 0.2) is 0 Å². The Balaban J connectivity index is 2.69. The SMILES string of the molecule is CCN(CC)[C@@H]1C(=O)N[C@H]1C#C[Si](C)(C)C. The van der Waals surface area contributed by atoms with Crippen molar-refractivity contribution in [2.75, 3.05) is 13.1 Å². The average molecular weight is 238 g/mol. The van der Waals surface area contributed by atoms with E-state index in [-0.39, 0.29) is 18.0 Å². The highest BCUT2D eigenvalue weighted by Gasteiger charge is 2.41. The molecule has 0 aromatic rings. The van der Waals surface area contributed by atoms with Crippen LogP contribution in [0, 0.1) is 11.5 Å². The predicted molar refractivity (Wildman–Crippen MR) is 69.8 cm³/mol. The first kappa shape index (κ1) is 13.3. The van der Waals surface area contributed by atoms with Crippen molar-refractivity contribution >= 4 is 14.0 Å². The van der Waals surface area contributed by atoms with Crippen LogP contribution in [0.2, 0.25) is 19.6 Å². The highest BCUT2D eigenvalue weighted by atomic mass is 28.3. The normalized spacial score (nSPS) is 24.5. The van der Waals surface area contributed by atoms with Gasteiger partial charge in [0.25, 0.3) is 0 Å². The van der Waals surface area contributed by atoms with Gasteiger partial charge in [-0.3, -0.25) is 9.69 Å². The molecule has 0 saturated carbocycles. The molecular weight excluding hydrogens is 216 g/mol. The van der Waals surface area contributed by atoms with Gasteiger partial charge in [-0.15, -0.1) is 5.54 Å². The van der Waals surface area contributed by atoms with Gasteiger partial charge < -0.3 is 5.32 Å². The van der Waals surface area contributed by atoms with Crippen LogP contribution in [0.5, 0.6) is 0 Å². The Labute approximate surface area is 99.6 Å². The smallest absolute Gasteiger partial charge is 0.241 e. The van der Waals surface area contributed by atoms with Crippen LogP contribution in [0.3, 0.4) is 0 Å². The summed E-state index contributed by atoms with van der Waals surface area (Å²) in [6.07, 6.45) is 0. The second-order valence-corrected chi connectivity index (χ2v) is 9.92. The molecule has 1 saturated heterocycles. The number of nitrogens with one attached hydrogen (secondary N) is 1. The number of likely N-dealkylation sites (N-methyl/N-ethyl adjacent to an activating group) is 1. The second-order valence-electron chi connectivity index (χ2n) is 5.17. The molecule has 1 aliphatic heterocycles. The molecule has 4 heteroatoms. The zero-order valence-electron chi connectivity index (χ0n) is 10.9. The first-order chi connectivity index (χ1) is 7.39. The summed E-state index contributed by atoms with van der Waals surface area (Å²) < 4.78 is 0. The predicted octanol–water partition coefficient (Wildman–Crippen LogP) is 1.08. The minimum Gasteiger partial charge on any atom is -0.339 e.